The Labute approximate surface area is 163 Å². The van der Waals surface area contributed by atoms with E-state index in [0.717, 1.165) is 51.4 Å². The van der Waals surface area contributed by atoms with Gasteiger partial charge in [-0.2, -0.15) is 0 Å². The first kappa shape index (κ1) is 25.9. The van der Waals surface area contributed by atoms with Crippen molar-refractivity contribution in [3.63, 3.8) is 0 Å². The Hall–Kier alpha value is -0.120. The van der Waals surface area contributed by atoms with Crippen molar-refractivity contribution in [2.45, 2.75) is 124 Å². The normalized spacial score (nSPS) is 12.9. The van der Waals surface area contributed by atoms with Crippen molar-refractivity contribution in [3.8, 4) is 0 Å². The highest BCUT2D eigenvalue weighted by Gasteiger charge is 2.17. The lowest BCUT2D eigenvalue weighted by Crippen LogP contribution is -2.12. The summed E-state index contributed by atoms with van der Waals surface area (Å²) < 4.78 is 0. The quantitative estimate of drug-likeness (QED) is 0.265. The summed E-state index contributed by atoms with van der Waals surface area (Å²) in [5, 5.41) is 28.0. The minimum absolute atomic E-state index is 0.125. The van der Waals surface area contributed by atoms with E-state index in [1.54, 1.807) is 0 Å². The fourth-order valence-electron chi connectivity index (χ4n) is 3.83. The zero-order valence-corrected chi connectivity index (χ0v) is 18.2. The minimum Gasteiger partial charge on any atom is -0.396 e. The number of aliphatic hydroxyl groups excluding tert-OH is 3. The van der Waals surface area contributed by atoms with Gasteiger partial charge in [0.05, 0.1) is 6.10 Å². The smallest absolute Gasteiger partial charge is 0.0540 e. The monoisotopic (exact) mass is 372 g/mol. The molecule has 0 unspecified atom stereocenters. The van der Waals surface area contributed by atoms with Gasteiger partial charge in [0.25, 0.3) is 0 Å². The molecule has 0 radical (unpaired) electrons. The van der Waals surface area contributed by atoms with Crippen molar-refractivity contribution in [1.29, 1.82) is 0 Å². The van der Waals surface area contributed by atoms with Gasteiger partial charge < -0.3 is 15.3 Å². The third-order valence-corrected chi connectivity index (χ3v) is 5.81. The zero-order chi connectivity index (χ0) is 19.9. The van der Waals surface area contributed by atoms with Crippen LogP contribution in [0.3, 0.4) is 0 Å². The van der Waals surface area contributed by atoms with E-state index in [1.807, 2.05) is 0 Å². The topological polar surface area (TPSA) is 60.7 Å². The summed E-state index contributed by atoms with van der Waals surface area (Å²) in [6, 6.07) is 0. The average molecular weight is 373 g/mol. The van der Waals surface area contributed by atoms with E-state index >= 15 is 0 Å². The number of aliphatic hydroxyl groups is 3. The highest BCUT2D eigenvalue weighted by Crippen LogP contribution is 2.30. The summed E-state index contributed by atoms with van der Waals surface area (Å²) in [5.74, 6) is 0. The van der Waals surface area contributed by atoms with Crippen LogP contribution in [0.4, 0.5) is 0 Å². The van der Waals surface area contributed by atoms with E-state index < -0.39 is 0 Å². The van der Waals surface area contributed by atoms with Gasteiger partial charge in [0.15, 0.2) is 0 Å². The molecule has 0 spiro atoms. The molecule has 0 saturated carbocycles. The van der Waals surface area contributed by atoms with Gasteiger partial charge in [-0.25, -0.2) is 0 Å². The van der Waals surface area contributed by atoms with Gasteiger partial charge in [0, 0.05) is 13.2 Å². The number of rotatable bonds is 18. The lowest BCUT2D eigenvalue weighted by molar-refractivity contribution is 0.145. The maximum absolute atomic E-state index is 10.1. The van der Waals surface area contributed by atoms with Crippen molar-refractivity contribution in [3.05, 3.63) is 0 Å². The molecule has 3 heteroatoms. The molecule has 0 rings (SSSR count). The molecule has 0 aliphatic carbocycles. The maximum atomic E-state index is 10.1. The third kappa shape index (κ3) is 16.1. The molecule has 0 aliphatic heterocycles. The Bertz CT molecular complexity index is 283. The van der Waals surface area contributed by atoms with E-state index in [-0.39, 0.29) is 6.10 Å². The van der Waals surface area contributed by atoms with Crippen LogP contribution in [0.15, 0.2) is 0 Å². The Kier molecular flexibility index (Phi) is 14.8. The Morgan fingerprint density at radius 1 is 0.538 bits per heavy atom. The fraction of sp³-hybridized carbons (Fsp3) is 1.00. The van der Waals surface area contributed by atoms with E-state index in [1.165, 1.54) is 38.5 Å². The van der Waals surface area contributed by atoms with Crippen LogP contribution in [-0.4, -0.2) is 34.6 Å². The molecule has 0 heterocycles. The molecule has 158 valence electrons. The van der Waals surface area contributed by atoms with Crippen LogP contribution in [0.25, 0.3) is 0 Å². The van der Waals surface area contributed by atoms with Crippen LogP contribution in [0.1, 0.15) is 118 Å². The highest BCUT2D eigenvalue weighted by atomic mass is 16.3. The standard InChI is InChI=1S/C23H48O3/c1-22(2,17-11-19-24)15-9-5-7-13-21(26)14-8-6-10-16-23(3,4)18-12-20-25/h21,24-26H,5-20H2,1-4H3. The molecular formula is C23H48O3. The summed E-state index contributed by atoms with van der Waals surface area (Å²) in [6.07, 6.45) is 15.3. The maximum Gasteiger partial charge on any atom is 0.0540 e. The molecule has 0 atom stereocenters. The molecule has 3 N–H and O–H groups in total. The van der Waals surface area contributed by atoms with Crippen LogP contribution < -0.4 is 0 Å². The van der Waals surface area contributed by atoms with Gasteiger partial charge in [-0.15, -0.1) is 0 Å². The first-order valence-electron chi connectivity index (χ1n) is 11.1. The third-order valence-electron chi connectivity index (χ3n) is 5.81. The van der Waals surface area contributed by atoms with Gasteiger partial charge in [0.1, 0.15) is 0 Å². The summed E-state index contributed by atoms with van der Waals surface area (Å²) in [7, 11) is 0. The molecule has 0 aromatic carbocycles. The molecule has 0 aromatic rings. The Morgan fingerprint density at radius 2 is 0.885 bits per heavy atom. The van der Waals surface area contributed by atoms with Gasteiger partial charge in [-0.3, -0.25) is 0 Å². The number of hydrogen-bond acceptors (Lipinski definition) is 3. The second kappa shape index (κ2) is 14.9. The summed E-state index contributed by atoms with van der Waals surface area (Å²) >= 11 is 0. The second-order valence-electron chi connectivity index (χ2n) is 9.84. The molecule has 26 heavy (non-hydrogen) atoms. The highest BCUT2D eigenvalue weighted by molar-refractivity contribution is 4.70. The minimum atomic E-state index is -0.125. The van der Waals surface area contributed by atoms with Crippen molar-refractivity contribution >= 4 is 0 Å². The predicted octanol–water partition coefficient (Wildman–Crippen LogP) is 5.85. The Morgan fingerprint density at radius 3 is 1.23 bits per heavy atom. The lowest BCUT2D eigenvalue weighted by atomic mass is 9.82. The fourth-order valence-corrected chi connectivity index (χ4v) is 3.83. The molecule has 3 nitrogen and oxygen atoms in total. The largest absolute Gasteiger partial charge is 0.396 e. The molecule has 0 aromatic heterocycles. The molecule has 0 amide bonds. The first-order valence-corrected chi connectivity index (χ1v) is 11.1. The van der Waals surface area contributed by atoms with Gasteiger partial charge >= 0.3 is 0 Å². The van der Waals surface area contributed by atoms with Crippen LogP contribution >= 0.6 is 0 Å². The molecular weight excluding hydrogens is 324 g/mol. The van der Waals surface area contributed by atoms with E-state index in [2.05, 4.69) is 27.7 Å². The van der Waals surface area contributed by atoms with Gasteiger partial charge in [0.2, 0.25) is 0 Å². The van der Waals surface area contributed by atoms with Crippen molar-refractivity contribution in [2.75, 3.05) is 13.2 Å². The van der Waals surface area contributed by atoms with Crippen molar-refractivity contribution in [1.82, 2.24) is 0 Å². The molecule has 0 bridgehead atoms. The van der Waals surface area contributed by atoms with Gasteiger partial charge in [-0.1, -0.05) is 66.2 Å². The van der Waals surface area contributed by atoms with Crippen LogP contribution in [0.5, 0.6) is 0 Å². The Balaban J connectivity index is 3.56. The van der Waals surface area contributed by atoms with Crippen molar-refractivity contribution in [2.24, 2.45) is 10.8 Å². The van der Waals surface area contributed by atoms with E-state index in [9.17, 15) is 5.11 Å². The van der Waals surface area contributed by atoms with Crippen molar-refractivity contribution < 1.29 is 15.3 Å². The first-order chi connectivity index (χ1) is 12.2. The predicted molar refractivity (Wildman–Crippen MR) is 112 cm³/mol. The van der Waals surface area contributed by atoms with Crippen LogP contribution in [-0.2, 0) is 0 Å². The molecule has 0 saturated heterocycles. The molecule has 0 aliphatic rings. The van der Waals surface area contributed by atoms with Crippen LogP contribution in [0.2, 0.25) is 0 Å². The summed E-state index contributed by atoms with van der Waals surface area (Å²) in [5.41, 5.74) is 0.679. The summed E-state index contributed by atoms with van der Waals surface area (Å²) in [6.45, 7) is 9.78. The zero-order valence-electron chi connectivity index (χ0n) is 18.2. The van der Waals surface area contributed by atoms with E-state index in [0.29, 0.717) is 24.0 Å². The van der Waals surface area contributed by atoms with Crippen LogP contribution in [0, 0.1) is 10.8 Å². The number of unbranched alkanes of at least 4 members (excludes halogenated alkanes) is 4. The molecule has 0 fully saturated rings. The van der Waals surface area contributed by atoms with Gasteiger partial charge in [-0.05, 0) is 62.2 Å². The summed E-state index contributed by atoms with van der Waals surface area (Å²) in [4.78, 5) is 0. The second-order valence-corrected chi connectivity index (χ2v) is 9.84. The lowest BCUT2D eigenvalue weighted by Gasteiger charge is -2.24. The van der Waals surface area contributed by atoms with E-state index in [4.69, 9.17) is 10.2 Å². The average Bonchev–Trinajstić information content (AvgIpc) is 2.57. The SMILES string of the molecule is CC(C)(CCCO)CCCCCC(O)CCCCCC(C)(C)CCCO. The number of hydrogen-bond donors (Lipinski definition) is 3.